The fraction of sp³-hybridized carbons (Fsp3) is 0.214. The molecule has 0 aliphatic heterocycles. The van der Waals surface area contributed by atoms with E-state index in [9.17, 15) is 4.79 Å². The Labute approximate surface area is 122 Å². The molecule has 0 saturated carbocycles. The van der Waals surface area contributed by atoms with Crippen molar-refractivity contribution < 1.29 is 4.79 Å². The maximum Gasteiger partial charge on any atom is 0.241 e. The van der Waals surface area contributed by atoms with Gasteiger partial charge < -0.3 is 16.4 Å². The highest BCUT2D eigenvalue weighted by Gasteiger charge is 2.13. The molecule has 0 spiro atoms. The highest BCUT2D eigenvalue weighted by atomic mass is 32.1. The molecule has 1 atom stereocenters. The lowest BCUT2D eigenvalue weighted by Gasteiger charge is -2.15. The van der Waals surface area contributed by atoms with Crippen molar-refractivity contribution in [3.63, 3.8) is 0 Å². The Kier molecular flexibility index (Phi) is 4.14. The highest BCUT2D eigenvalue weighted by Crippen LogP contribution is 2.21. The lowest BCUT2D eigenvalue weighted by molar-refractivity contribution is -0.121. The van der Waals surface area contributed by atoms with Gasteiger partial charge in [-0.1, -0.05) is 30.4 Å². The number of carbonyl (C=O) groups excluding carboxylic acids is 1. The van der Waals surface area contributed by atoms with E-state index in [1.807, 2.05) is 24.3 Å². The minimum Gasteiger partial charge on any atom is -0.389 e. The number of hydrogen-bond acceptors (Lipinski definition) is 4. The van der Waals surface area contributed by atoms with Crippen LogP contribution < -0.4 is 16.4 Å². The van der Waals surface area contributed by atoms with Gasteiger partial charge in [-0.25, -0.2) is 4.98 Å². The van der Waals surface area contributed by atoms with Crippen molar-refractivity contribution in [3.05, 3.63) is 35.9 Å². The van der Waals surface area contributed by atoms with Gasteiger partial charge in [-0.15, -0.1) is 0 Å². The van der Waals surface area contributed by atoms with Crippen LogP contribution in [0, 0.1) is 0 Å². The van der Waals surface area contributed by atoms with E-state index in [0.29, 0.717) is 10.8 Å². The van der Waals surface area contributed by atoms with Crippen LogP contribution in [0.5, 0.6) is 0 Å². The number of nitrogens with one attached hydrogen (secondary N) is 2. The van der Waals surface area contributed by atoms with Gasteiger partial charge in [0.25, 0.3) is 0 Å². The number of nitrogens with two attached hydrogens (primary N) is 1. The first-order chi connectivity index (χ1) is 9.52. The van der Waals surface area contributed by atoms with E-state index in [-0.39, 0.29) is 5.91 Å². The number of thiocarbonyl (C=S) groups is 1. The van der Waals surface area contributed by atoms with Crippen LogP contribution in [-0.2, 0) is 4.79 Å². The maximum absolute atomic E-state index is 11.5. The molecule has 0 aliphatic rings. The summed E-state index contributed by atoms with van der Waals surface area (Å²) in [5, 5.41) is 6.52. The molecule has 1 heterocycles. The van der Waals surface area contributed by atoms with Crippen molar-refractivity contribution in [2.24, 2.45) is 5.73 Å². The minimum absolute atomic E-state index is 0.114. The molecule has 0 aliphatic carbocycles. The number of carbonyl (C=O) groups is 1. The van der Waals surface area contributed by atoms with Crippen LogP contribution in [-0.4, -0.2) is 29.0 Å². The number of likely N-dealkylation sites (N-methyl/N-ethyl adjacent to an activating group) is 1. The third kappa shape index (κ3) is 2.85. The van der Waals surface area contributed by atoms with E-state index in [0.717, 1.165) is 16.5 Å². The van der Waals surface area contributed by atoms with Crippen LogP contribution in [0.15, 0.2) is 30.3 Å². The van der Waals surface area contributed by atoms with Gasteiger partial charge in [-0.2, -0.15) is 0 Å². The van der Waals surface area contributed by atoms with Crippen LogP contribution in [0.3, 0.4) is 0 Å². The number of anilines is 1. The van der Waals surface area contributed by atoms with Crippen LogP contribution >= 0.6 is 12.2 Å². The Balaban J connectivity index is 2.45. The van der Waals surface area contributed by atoms with Crippen molar-refractivity contribution in [2.45, 2.75) is 13.0 Å². The molecule has 0 radical (unpaired) electrons. The number of benzene rings is 1. The van der Waals surface area contributed by atoms with Gasteiger partial charge in [0, 0.05) is 18.0 Å². The average molecular weight is 288 g/mol. The first-order valence-corrected chi connectivity index (χ1v) is 6.61. The molecular weight excluding hydrogens is 272 g/mol. The zero-order valence-electron chi connectivity index (χ0n) is 11.3. The van der Waals surface area contributed by atoms with Crippen LogP contribution in [0.25, 0.3) is 10.9 Å². The third-order valence-electron chi connectivity index (χ3n) is 2.99. The Hall–Kier alpha value is -2.21. The molecule has 20 heavy (non-hydrogen) atoms. The molecule has 0 bridgehead atoms. The molecule has 1 aromatic carbocycles. The van der Waals surface area contributed by atoms with Gasteiger partial charge in [0.05, 0.1) is 5.52 Å². The standard InChI is InChI=1S/C14H16N4OS/c1-8(14(19)16-2)17-12-7-10(13(15)20)9-5-3-4-6-11(9)18-12/h3-8H,1-2H3,(H2,15,20)(H,16,19)(H,17,18). The van der Waals surface area contributed by atoms with Crippen molar-refractivity contribution >= 4 is 39.8 Å². The van der Waals surface area contributed by atoms with Crippen molar-refractivity contribution in [1.82, 2.24) is 10.3 Å². The van der Waals surface area contributed by atoms with Gasteiger partial charge in [-0.3, -0.25) is 4.79 Å². The Morgan fingerprint density at radius 3 is 2.75 bits per heavy atom. The molecule has 6 heteroatoms. The fourth-order valence-electron chi connectivity index (χ4n) is 1.96. The fourth-order valence-corrected chi connectivity index (χ4v) is 2.13. The number of para-hydroxylation sites is 1. The Bertz CT molecular complexity index is 671. The monoisotopic (exact) mass is 288 g/mol. The SMILES string of the molecule is CNC(=O)C(C)Nc1cc(C(N)=S)c2ccccc2n1. The topological polar surface area (TPSA) is 80.0 Å². The summed E-state index contributed by atoms with van der Waals surface area (Å²) in [6.07, 6.45) is 0. The summed E-state index contributed by atoms with van der Waals surface area (Å²) in [7, 11) is 1.59. The van der Waals surface area contributed by atoms with Gasteiger partial charge in [0.15, 0.2) is 0 Å². The summed E-state index contributed by atoms with van der Waals surface area (Å²) in [4.78, 5) is 16.3. The van der Waals surface area contributed by atoms with E-state index in [1.165, 1.54) is 0 Å². The van der Waals surface area contributed by atoms with E-state index >= 15 is 0 Å². The van der Waals surface area contributed by atoms with E-state index < -0.39 is 6.04 Å². The molecule has 1 aromatic heterocycles. The normalized spacial score (nSPS) is 11.9. The first kappa shape index (κ1) is 14.2. The molecule has 5 nitrogen and oxygen atoms in total. The molecular formula is C14H16N4OS. The molecule has 104 valence electrons. The zero-order valence-corrected chi connectivity index (χ0v) is 12.1. The smallest absolute Gasteiger partial charge is 0.241 e. The largest absolute Gasteiger partial charge is 0.389 e. The number of pyridine rings is 1. The second kappa shape index (κ2) is 5.83. The number of hydrogen-bond donors (Lipinski definition) is 3. The summed E-state index contributed by atoms with van der Waals surface area (Å²) in [5.41, 5.74) is 7.29. The molecule has 2 rings (SSSR count). The third-order valence-corrected chi connectivity index (χ3v) is 3.21. The van der Waals surface area contributed by atoms with Gasteiger partial charge >= 0.3 is 0 Å². The number of nitrogens with zero attached hydrogens (tertiary/aromatic N) is 1. The molecule has 2 aromatic rings. The predicted octanol–water partition coefficient (Wildman–Crippen LogP) is 1.42. The van der Waals surface area contributed by atoms with Crippen molar-refractivity contribution in [1.29, 1.82) is 0 Å². The Morgan fingerprint density at radius 2 is 2.10 bits per heavy atom. The molecule has 1 unspecified atom stereocenters. The Morgan fingerprint density at radius 1 is 1.40 bits per heavy atom. The maximum atomic E-state index is 11.5. The van der Waals surface area contributed by atoms with Crippen molar-refractivity contribution in [2.75, 3.05) is 12.4 Å². The lowest BCUT2D eigenvalue weighted by Crippen LogP contribution is -2.35. The minimum atomic E-state index is -0.396. The number of aromatic nitrogens is 1. The predicted molar refractivity (Wildman–Crippen MR) is 84.8 cm³/mol. The van der Waals surface area contributed by atoms with Gasteiger partial charge in [-0.05, 0) is 19.1 Å². The van der Waals surface area contributed by atoms with Crippen LogP contribution in [0.1, 0.15) is 12.5 Å². The summed E-state index contributed by atoms with van der Waals surface area (Å²) in [6.45, 7) is 1.76. The van der Waals surface area contributed by atoms with Crippen molar-refractivity contribution in [3.8, 4) is 0 Å². The number of amides is 1. The summed E-state index contributed by atoms with van der Waals surface area (Å²) < 4.78 is 0. The van der Waals surface area contributed by atoms with Crippen LogP contribution in [0.2, 0.25) is 0 Å². The van der Waals surface area contributed by atoms with Crippen LogP contribution in [0.4, 0.5) is 5.82 Å². The summed E-state index contributed by atoms with van der Waals surface area (Å²) >= 11 is 5.08. The first-order valence-electron chi connectivity index (χ1n) is 6.20. The van der Waals surface area contributed by atoms with Gasteiger partial charge in [0.1, 0.15) is 16.8 Å². The lowest BCUT2D eigenvalue weighted by atomic mass is 10.1. The second-order valence-corrected chi connectivity index (χ2v) is 4.86. The second-order valence-electron chi connectivity index (χ2n) is 4.42. The highest BCUT2D eigenvalue weighted by molar-refractivity contribution is 7.80. The van der Waals surface area contributed by atoms with E-state index in [4.69, 9.17) is 18.0 Å². The molecule has 0 saturated heterocycles. The van der Waals surface area contributed by atoms with Gasteiger partial charge in [0.2, 0.25) is 5.91 Å². The summed E-state index contributed by atoms with van der Waals surface area (Å²) in [6, 6.07) is 8.98. The number of rotatable bonds is 4. The molecule has 1 amide bonds. The molecule has 4 N–H and O–H groups in total. The van der Waals surface area contributed by atoms with E-state index in [2.05, 4.69) is 15.6 Å². The quantitative estimate of drug-likeness (QED) is 0.741. The average Bonchev–Trinajstić information content (AvgIpc) is 2.45. The molecule has 0 fully saturated rings. The van der Waals surface area contributed by atoms with E-state index in [1.54, 1.807) is 20.0 Å². The number of fused-ring (bicyclic) bond motifs is 1. The zero-order chi connectivity index (χ0) is 14.7. The summed E-state index contributed by atoms with van der Waals surface area (Å²) in [5.74, 6) is 0.458.